The normalized spacial score (nSPS) is 21.8. The third kappa shape index (κ3) is 3.47. The molecule has 7 heteroatoms. The van der Waals surface area contributed by atoms with Crippen LogP contribution >= 0.6 is 0 Å². The first kappa shape index (κ1) is 17.5. The van der Waals surface area contributed by atoms with Gasteiger partial charge in [0, 0.05) is 38.6 Å². The van der Waals surface area contributed by atoms with Gasteiger partial charge in [0.1, 0.15) is 0 Å². The number of amides is 1. The number of carbonyl (C=O) groups is 1. The molecule has 0 aromatic heterocycles. The van der Waals surface area contributed by atoms with Gasteiger partial charge in [0.25, 0.3) is 10.2 Å². The number of nitrogens with one attached hydrogen (secondary N) is 1. The Morgan fingerprint density at radius 1 is 1.04 bits per heavy atom. The number of fused-ring (bicyclic) bond motifs is 1. The van der Waals surface area contributed by atoms with Crippen LogP contribution in [-0.4, -0.2) is 49.2 Å². The van der Waals surface area contributed by atoms with Gasteiger partial charge in [-0.05, 0) is 29.2 Å². The van der Waals surface area contributed by atoms with Crippen molar-refractivity contribution in [3.8, 4) is 0 Å². The lowest BCUT2D eigenvalue weighted by molar-refractivity contribution is -0.128. The number of likely N-dealkylation sites (tertiary alicyclic amines) is 1. The molecule has 4 rings (SSSR count). The maximum Gasteiger partial charge on any atom is 0.279 e. The molecule has 0 saturated carbocycles. The average Bonchev–Trinajstić information content (AvgIpc) is 3.26. The van der Waals surface area contributed by atoms with Crippen LogP contribution in [0.25, 0.3) is 10.8 Å². The molecule has 6 nitrogen and oxygen atoms in total. The van der Waals surface area contributed by atoms with E-state index in [1.165, 1.54) is 4.31 Å². The summed E-state index contributed by atoms with van der Waals surface area (Å²) in [7, 11) is -3.49. The van der Waals surface area contributed by atoms with Crippen molar-refractivity contribution in [2.75, 3.05) is 19.6 Å². The molecule has 2 heterocycles. The molecule has 2 aliphatic heterocycles. The summed E-state index contributed by atoms with van der Waals surface area (Å²) in [5, 5.41) is 2.27. The molecule has 2 aliphatic rings. The van der Waals surface area contributed by atoms with Gasteiger partial charge in [-0.1, -0.05) is 42.5 Å². The molecule has 2 aromatic carbocycles. The van der Waals surface area contributed by atoms with Crippen LogP contribution < -0.4 is 4.72 Å². The second-order valence-corrected chi connectivity index (χ2v) is 8.74. The van der Waals surface area contributed by atoms with E-state index < -0.39 is 10.2 Å². The number of carbonyl (C=O) groups excluding carboxylic acids is 1. The zero-order chi connectivity index (χ0) is 18.1. The van der Waals surface area contributed by atoms with Crippen LogP contribution in [0.5, 0.6) is 0 Å². The predicted octanol–water partition coefficient (Wildman–Crippen LogP) is 1.87. The van der Waals surface area contributed by atoms with E-state index in [9.17, 15) is 13.2 Å². The molecule has 0 aliphatic carbocycles. The number of nitrogens with zero attached hydrogens (tertiary/aromatic N) is 2. The van der Waals surface area contributed by atoms with Crippen molar-refractivity contribution >= 4 is 26.9 Å². The van der Waals surface area contributed by atoms with Crippen molar-refractivity contribution < 1.29 is 13.2 Å². The summed E-state index contributed by atoms with van der Waals surface area (Å²) >= 11 is 0. The molecule has 0 unspecified atom stereocenters. The molecule has 2 aromatic rings. The lowest BCUT2D eigenvalue weighted by atomic mass is 10.0. The monoisotopic (exact) mass is 373 g/mol. The van der Waals surface area contributed by atoms with Gasteiger partial charge >= 0.3 is 0 Å². The van der Waals surface area contributed by atoms with Gasteiger partial charge in [0.15, 0.2) is 0 Å². The van der Waals surface area contributed by atoms with E-state index >= 15 is 0 Å². The minimum Gasteiger partial charge on any atom is -0.337 e. The lowest BCUT2D eigenvalue weighted by Crippen LogP contribution is -2.45. The van der Waals surface area contributed by atoms with Gasteiger partial charge in [-0.25, -0.2) is 0 Å². The van der Waals surface area contributed by atoms with E-state index in [-0.39, 0.29) is 18.4 Å². The molecule has 2 fully saturated rings. The number of hydrogen-bond donors (Lipinski definition) is 1. The summed E-state index contributed by atoms with van der Waals surface area (Å²) in [6.45, 7) is 2.04. The minimum atomic E-state index is -3.49. The third-order valence-electron chi connectivity index (χ3n) is 5.18. The van der Waals surface area contributed by atoms with E-state index in [4.69, 9.17) is 0 Å². The van der Waals surface area contributed by atoms with Crippen molar-refractivity contribution in [1.82, 2.24) is 13.9 Å². The van der Waals surface area contributed by atoms with Gasteiger partial charge in [-0.15, -0.1) is 0 Å². The average molecular weight is 373 g/mol. The molecule has 26 heavy (non-hydrogen) atoms. The molecule has 1 N–H and O–H groups in total. The highest BCUT2D eigenvalue weighted by atomic mass is 32.2. The van der Waals surface area contributed by atoms with Crippen LogP contribution in [0, 0.1) is 0 Å². The van der Waals surface area contributed by atoms with E-state index in [0.717, 1.165) is 29.2 Å². The summed E-state index contributed by atoms with van der Waals surface area (Å²) in [5.41, 5.74) is 1.08. The smallest absolute Gasteiger partial charge is 0.279 e. The lowest BCUT2D eigenvalue weighted by Gasteiger charge is -2.21. The van der Waals surface area contributed by atoms with Gasteiger partial charge in [-0.3, -0.25) is 4.79 Å². The fourth-order valence-electron chi connectivity index (χ4n) is 3.85. The summed E-state index contributed by atoms with van der Waals surface area (Å²) < 4.78 is 29.0. The Labute approximate surface area is 154 Å². The second kappa shape index (κ2) is 6.98. The standard InChI is InChI=1S/C19H23N3O3S/c23-19-12-17(20-26(24,25)22-10-3-4-11-22)14-21(19)13-16-8-5-7-15-6-1-2-9-18(15)16/h1-2,5-9,17,20H,3-4,10-14H2/t17-/m0/s1. The maximum atomic E-state index is 12.4. The van der Waals surface area contributed by atoms with Crippen molar-refractivity contribution in [1.29, 1.82) is 0 Å². The molecule has 2 saturated heterocycles. The van der Waals surface area contributed by atoms with Crippen LogP contribution in [0.1, 0.15) is 24.8 Å². The SMILES string of the molecule is O=C1C[C@H](NS(=O)(=O)N2CCCC2)CN1Cc1cccc2ccccc12. The molecule has 1 atom stereocenters. The fraction of sp³-hybridized carbons (Fsp3) is 0.421. The number of hydrogen-bond acceptors (Lipinski definition) is 3. The largest absolute Gasteiger partial charge is 0.337 e. The highest BCUT2D eigenvalue weighted by molar-refractivity contribution is 7.87. The van der Waals surface area contributed by atoms with Crippen LogP contribution in [0.3, 0.4) is 0 Å². The Morgan fingerprint density at radius 2 is 1.77 bits per heavy atom. The minimum absolute atomic E-state index is 0.00736. The highest BCUT2D eigenvalue weighted by Gasteiger charge is 2.35. The predicted molar refractivity (Wildman–Crippen MR) is 101 cm³/mol. The van der Waals surface area contributed by atoms with Gasteiger partial charge < -0.3 is 4.90 Å². The van der Waals surface area contributed by atoms with Crippen LogP contribution in [0.15, 0.2) is 42.5 Å². The van der Waals surface area contributed by atoms with Crippen LogP contribution in [0.2, 0.25) is 0 Å². The Kier molecular flexibility index (Phi) is 4.69. The first-order valence-corrected chi connectivity index (χ1v) is 10.5. The molecule has 0 bridgehead atoms. The van der Waals surface area contributed by atoms with E-state index in [0.29, 0.717) is 26.2 Å². The quantitative estimate of drug-likeness (QED) is 0.870. The van der Waals surface area contributed by atoms with E-state index in [2.05, 4.69) is 22.9 Å². The summed E-state index contributed by atoms with van der Waals surface area (Å²) in [5.74, 6) is -0.00736. The Bertz CT molecular complexity index is 917. The first-order chi connectivity index (χ1) is 12.5. The Hall–Kier alpha value is -1.96. The summed E-state index contributed by atoms with van der Waals surface area (Å²) in [6, 6.07) is 13.8. The number of rotatable bonds is 5. The van der Waals surface area contributed by atoms with Crippen molar-refractivity contribution in [2.45, 2.75) is 31.8 Å². The number of benzene rings is 2. The summed E-state index contributed by atoms with van der Waals surface area (Å²) in [4.78, 5) is 14.2. The van der Waals surface area contributed by atoms with Gasteiger partial charge in [-0.2, -0.15) is 17.4 Å². The first-order valence-electron chi connectivity index (χ1n) is 9.05. The zero-order valence-corrected chi connectivity index (χ0v) is 15.4. The van der Waals surface area contributed by atoms with E-state index in [1.807, 2.05) is 24.3 Å². The Morgan fingerprint density at radius 3 is 2.58 bits per heavy atom. The molecule has 0 radical (unpaired) electrons. The third-order valence-corrected chi connectivity index (χ3v) is 6.85. The molecule has 0 spiro atoms. The van der Waals surface area contributed by atoms with E-state index in [1.54, 1.807) is 4.90 Å². The zero-order valence-electron chi connectivity index (χ0n) is 14.6. The van der Waals surface area contributed by atoms with Crippen LogP contribution in [0.4, 0.5) is 0 Å². The molecular weight excluding hydrogens is 350 g/mol. The second-order valence-electron chi connectivity index (χ2n) is 7.04. The van der Waals surface area contributed by atoms with Crippen molar-refractivity contribution in [3.63, 3.8) is 0 Å². The van der Waals surface area contributed by atoms with Gasteiger partial charge in [0.2, 0.25) is 5.91 Å². The topological polar surface area (TPSA) is 69.7 Å². The highest BCUT2D eigenvalue weighted by Crippen LogP contribution is 2.23. The van der Waals surface area contributed by atoms with Crippen LogP contribution in [-0.2, 0) is 21.5 Å². The van der Waals surface area contributed by atoms with Gasteiger partial charge in [0.05, 0.1) is 0 Å². The maximum absolute atomic E-state index is 12.4. The summed E-state index contributed by atoms with van der Waals surface area (Å²) in [6.07, 6.45) is 2.02. The van der Waals surface area contributed by atoms with Crippen molar-refractivity contribution in [2.24, 2.45) is 0 Å². The molecule has 1 amide bonds. The fourth-order valence-corrected chi connectivity index (χ4v) is 5.32. The van der Waals surface area contributed by atoms with Crippen molar-refractivity contribution in [3.05, 3.63) is 48.0 Å². The molecule has 138 valence electrons. The Balaban J connectivity index is 1.46. The molecular formula is C19H23N3O3S.